The molecule has 3 unspecified atom stereocenters. The van der Waals surface area contributed by atoms with Crippen molar-refractivity contribution in [1.82, 2.24) is 0 Å². The second-order valence-electron chi connectivity index (χ2n) is 19.6. The van der Waals surface area contributed by atoms with E-state index >= 15 is 0 Å². The Morgan fingerprint density at radius 3 is 1.67 bits per heavy atom. The van der Waals surface area contributed by atoms with Crippen molar-refractivity contribution in [3.05, 3.63) is 239 Å². The van der Waals surface area contributed by atoms with Crippen molar-refractivity contribution in [2.75, 3.05) is 4.90 Å². The lowest BCUT2D eigenvalue weighted by atomic mass is 9.73. The monoisotopic (exact) mass is 813 g/mol. The smallest absolute Gasteiger partial charge is 0.0643 e. The number of hydrogen-bond acceptors (Lipinski definition) is 1. The van der Waals surface area contributed by atoms with Gasteiger partial charge in [0.2, 0.25) is 0 Å². The maximum atomic E-state index is 2.55. The van der Waals surface area contributed by atoms with Gasteiger partial charge in [0.05, 0.1) is 5.54 Å². The first-order valence-corrected chi connectivity index (χ1v) is 22.8. The highest BCUT2D eigenvalue weighted by molar-refractivity contribution is 5.86. The number of anilines is 2. The van der Waals surface area contributed by atoms with Crippen LogP contribution in [0.15, 0.2) is 206 Å². The van der Waals surface area contributed by atoms with E-state index in [0.29, 0.717) is 11.8 Å². The molecule has 0 N–H and O–H groups in total. The number of nitrogens with zero attached hydrogens (tertiary/aromatic N) is 1. The van der Waals surface area contributed by atoms with Crippen molar-refractivity contribution in [2.45, 2.75) is 70.3 Å². The molecule has 11 rings (SSSR count). The molecule has 308 valence electrons. The highest BCUT2D eigenvalue weighted by Gasteiger charge is 2.44. The van der Waals surface area contributed by atoms with Crippen LogP contribution >= 0.6 is 0 Å². The average Bonchev–Trinajstić information content (AvgIpc) is 3.69. The lowest BCUT2D eigenvalue weighted by molar-refractivity contribution is 0.553. The molecule has 0 heterocycles. The van der Waals surface area contributed by atoms with Crippen LogP contribution < -0.4 is 4.90 Å². The lowest BCUT2D eigenvalue weighted by Crippen LogP contribution is -2.42. The maximum Gasteiger partial charge on any atom is 0.0643 e. The molecule has 3 atom stereocenters. The summed E-state index contributed by atoms with van der Waals surface area (Å²) in [6, 6.07) is 63.2. The first-order valence-electron chi connectivity index (χ1n) is 22.8. The molecule has 4 aliphatic rings. The van der Waals surface area contributed by atoms with Gasteiger partial charge in [0, 0.05) is 28.1 Å². The maximum absolute atomic E-state index is 2.55. The zero-order valence-corrected chi connectivity index (χ0v) is 37.4. The van der Waals surface area contributed by atoms with Gasteiger partial charge in [-0.05, 0) is 128 Å². The van der Waals surface area contributed by atoms with Crippen molar-refractivity contribution in [1.29, 1.82) is 0 Å². The molecule has 0 spiro atoms. The third-order valence-electron chi connectivity index (χ3n) is 15.0. The van der Waals surface area contributed by atoms with E-state index in [1.165, 1.54) is 94.9 Å². The van der Waals surface area contributed by atoms with Crippen LogP contribution in [0.5, 0.6) is 0 Å². The van der Waals surface area contributed by atoms with Crippen molar-refractivity contribution in [3.8, 4) is 33.4 Å². The Bertz CT molecular complexity index is 3020. The van der Waals surface area contributed by atoms with E-state index < -0.39 is 0 Å². The molecule has 4 aliphatic carbocycles. The van der Waals surface area contributed by atoms with E-state index in [0.717, 1.165) is 6.42 Å². The predicted molar refractivity (Wildman–Crippen MR) is 267 cm³/mol. The van der Waals surface area contributed by atoms with Crippen LogP contribution in [0.1, 0.15) is 87.3 Å². The van der Waals surface area contributed by atoms with Gasteiger partial charge >= 0.3 is 0 Å². The first kappa shape index (κ1) is 39.2. The second-order valence-corrected chi connectivity index (χ2v) is 19.6. The zero-order chi connectivity index (χ0) is 43.1. The van der Waals surface area contributed by atoms with Gasteiger partial charge in [0.1, 0.15) is 0 Å². The van der Waals surface area contributed by atoms with Gasteiger partial charge in [-0.2, -0.15) is 0 Å². The molecule has 0 saturated carbocycles. The molecule has 0 amide bonds. The van der Waals surface area contributed by atoms with E-state index in [1.807, 2.05) is 0 Å². The third-order valence-corrected chi connectivity index (χ3v) is 15.0. The molecule has 0 fully saturated rings. The van der Waals surface area contributed by atoms with Gasteiger partial charge in [-0.3, -0.25) is 0 Å². The predicted octanol–water partition coefficient (Wildman–Crippen LogP) is 16.3. The lowest BCUT2D eigenvalue weighted by Gasteiger charge is -2.42. The number of rotatable bonds is 7. The van der Waals surface area contributed by atoms with E-state index in [1.54, 1.807) is 0 Å². The summed E-state index contributed by atoms with van der Waals surface area (Å²) in [7, 11) is 0. The fourth-order valence-electron chi connectivity index (χ4n) is 11.5. The van der Waals surface area contributed by atoms with Crippen LogP contribution in [0.4, 0.5) is 11.4 Å². The summed E-state index contributed by atoms with van der Waals surface area (Å²) >= 11 is 0. The Kier molecular flexibility index (Phi) is 9.14. The van der Waals surface area contributed by atoms with Crippen LogP contribution in [-0.2, 0) is 10.8 Å². The van der Waals surface area contributed by atoms with Gasteiger partial charge < -0.3 is 4.90 Å². The van der Waals surface area contributed by atoms with Crippen LogP contribution in [-0.4, -0.2) is 5.54 Å². The van der Waals surface area contributed by atoms with Gasteiger partial charge in [0.25, 0.3) is 0 Å². The molecule has 7 aromatic rings. The molecular formula is C62H55N. The van der Waals surface area contributed by atoms with Gasteiger partial charge in [-0.1, -0.05) is 210 Å². The topological polar surface area (TPSA) is 3.24 Å². The Morgan fingerprint density at radius 1 is 0.476 bits per heavy atom. The van der Waals surface area contributed by atoms with Gasteiger partial charge in [-0.25, -0.2) is 0 Å². The molecular weight excluding hydrogens is 759 g/mol. The SMILES string of the molecule is CC1C=C(c2ccc(N(c3ccc(-c4ccc(-c5ccccc5)cc4)cc3)C3(C)C=CC(c4ccc5c(c4)C(C)(C)c4ccccc4-5)=CC3)cc2)C=C2C1c1ccccc1C2(C)C. The second kappa shape index (κ2) is 14.7. The minimum atomic E-state index is -0.302. The fraction of sp³-hybridized carbons (Fsp3) is 0.194. The van der Waals surface area contributed by atoms with E-state index in [-0.39, 0.29) is 16.4 Å². The summed E-state index contributed by atoms with van der Waals surface area (Å²) in [5.74, 6) is 0.863. The Hall–Kier alpha value is -6.70. The largest absolute Gasteiger partial charge is 0.332 e. The zero-order valence-electron chi connectivity index (χ0n) is 37.4. The number of fused-ring (bicyclic) bond motifs is 6. The summed E-state index contributed by atoms with van der Waals surface area (Å²) in [6.07, 6.45) is 13.1. The summed E-state index contributed by atoms with van der Waals surface area (Å²) in [5, 5.41) is 0. The normalized spacial score (nSPS) is 21.0. The molecule has 0 aliphatic heterocycles. The van der Waals surface area contributed by atoms with Crippen molar-refractivity contribution >= 4 is 22.5 Å². The van der Waals surface area contributed by atoms with Crippen molar-refractivity contribution < 1.29 is 0 Å². The molecule has 1 heteroatoms. The van der Waals surface area contributed by atoms with E-state index in [2.05, 4.69) is 247 Å². The number of benzene rings is 7. The molecule has 0 aromatic heterocycles. The molecule has 0 bridgehead atoms. The van der Waals surface area contributed by atoms with Crippen molar-refractivity contribution in [2.24, 2.45) is 5.92 Å². The Labute approximate surface area is 374 Å². The van der Waals surface area contributed by atoms with Gasteiger partial charge in [0.15, 0.2) is 0 Å². The van der Waals surface area contributed by atoms with Crippen LogP contribution in [0.2, 0.25) is 0 Å². The highest BCUT2D eigenvalue weighted by atomic mass is 15.2. The van der Waals surface area contributed by atoms with E-state index in [4.69, 9.17) is 0 Å². The van der Waals surface area contributed by atoms with Crippen LogP contribution in [0.25, 0.3) is 44.5 Å². The third kappa shape index (κ3) is 6.43. The summed E-state index contributed by atoms with van der Waals surface area (Å²) in [6.45, 7) is 14.3. The highest BCUT2D eigenvalue weighted by Crippen LogP contribution is 2.56. The Morgan fingerprint density at radius 2 is 1.02 bits per heavy atom. The number of allylic oxidation sites excluding steroid dienone is 6. The minimum Gasteiger partial charge on any atom is -0.332 e. The molecule has 1 nitrogen and oxygen atoms in total. The van der Waals surface area contributed by atoms with Crippen LogP contribution in [0.3, 0.4) is 0 Å². The minimum absolute atomic E-state index is 0.0111. The molecule has 7 aromatic carbocycles. The fourth-order valence-corrected chi connectivity index (χ4v) is 11.5. The summed E-state index contributed by atoms with van der Waals surface area (Å²) in [4.78, 5) is 2.55. The summed E-state index contributed by atoms with van der Waals surface area (Å²) in [5.41, 5.74) is 22.2. The van der Waals surface area contributed by atoms with Crippen LogP contribution in [0, 0.1) is 5.92 Å². The summed E-state index contributed by atoms with van der Waals surface area (Å²) < 4.78 is 0. The molecule has 63 heavy (non-hydrogen) atoms. The van der Waals surface area contributed by atoms with Gasteiger partial charge in [-0.15, -0.1) is 0 Å². The average molecular weight is 814 g/mol. The number of hydrogen-bond donors (Lipinski definition) is 0. The standard InChI is InChI=1S/C62H55N/c1-41-38-49(40-58-59(41)54-17-11-13-19-56(54)61(58,4)5)46-26-31-51(32-27-46)63(50-29-24-45(25-30-50)44-22-20-43(21-23-44)42-14-8-7-9-15-42)62(6)36-34-47(35-37-62)48-28-33-53-52-16-10-12-18-55(52)60(2,3)57(53)39-48/h7-36,38-41,59H,37H2,1-6H3. The molecule has 0 saturated heterocycles. The van der Waals surface area contributed by atoms with E-state index in [9.17, 15) is 0 Å². The Balaban J connectivity index is 0.924. The van der Waals surface area contributed by atoms with Crippen molar-refractivity contribution in [3.63, 3.8) is 0 Å². The first-order chi connectivity index (χ1) is 30.5. The quantitative estimate of drug-likeness (QED) is 0.155. The molecule has 0 radical (unpaired) electrons.